The van der Waals surface area contributed by atoms with Gasteiger partial charge >= 0.3 is 0 Å². The number of fused-ring (bicyclic) bond motifs is 1. The summed E-state index contributed by atoms with van der Waals surface area (Å²) in [7, 11) is 0. The van der Waals surface area contributed by atoms with Crippen LogP contribution in [0, 0.1) is 11.3 Å². The molecule has 0 radical (unpaired) electrons. The summed E-state index contributed by atoms with van der Waals surface area (Å²) in [5, 5.41) is 25.6. The molecule has 5 nitrogen and oxygen atoms in total. The molecule has 3 N–H and O–H groups in total. The second kappa shape index (κ2) is 6.57. The fraction of sp³-hybridized carbons (Fsp3) is 0.238. The maximum atomic E-state index is 12.6. The molecule has 2 aromatic rings. The summed E-state index contributed by atoms with van der Waals surface area (Å²) in [5.74, 6) is -0.237. The van der Waals surface area contributed by atoms with Crippen LogP contribution in [0.4, 0.5) is 11.4 Å². The predicted octanol–water partition coefficient (Wildman–Crippen LogP) is 4.05. The van der Waals surface area contributed by atoms with Crippen molar-refractivity contribution in [2.24, 2.45) is 0 Å². The van der Waals surface area contributed by atoms with Crippen molar-refractivity contribution in [1.29, 1.82) is 5.26 Å². The third-order valence-corrected chi connectivity index (χ3v) is 4.40. The fourth-order valence-corrected chi connectivity index (χ4v) is 2.97. The molecular weight excluding hydrogens is 326 g/mol. The lowest BCUT2D eigenvalue weighted by Crippen LogP contribution is -2.20. The third-order valence-electron chi connectivity index (χ3n) is 4.40. The van der Waals surface area contributed by atoms with E-state index in [0.717, 1.165) is 11.3 Å². The van der Waals surface area contributed by atoms with Gasteiger partial charge in [0, 0.05) is 35.5 Å². The number of carbonyl (C=O) groups excluding carboxylic acids is 1. The lowest BCUT2D eigenvalue weighted by Gasteiger charge is -2.22. The average Bonchev–Trinajstić information content (AvgIpc) is 2.60. The Morgan fingerprint density at radius 3 is 2.69 bits per heavy atom. The van der Waals surface area contributed by atoms with Crippen LogP contribution in [0.25, 0.3) is 0 Å². The Bertz CT molecular complexity index is 947. The highest BCUT2D eigenvalue weighted by atomic mass is 16.3. The van der Waals surface area contributed by atoms with E-state index >= 15 is 0 Å². The van der Waals surface area contributed by atoms with Crippen molar-refractivity contribution in [3.63, 3.8) is 0 Å². The molecular formula is C21H21N3O2. The van der Waals surface area contributed by atoms with E-state index in [0.29, 0.717) is 28.8 Å². The molecule has 1 heterocycles. The number of rotatable bonds is 2. The second-order valence-electron chi connectivity index (χ2n) is 7.38. The average molecular weight is 347 g/mol. The number of carbonyl (C=O) groups is 1. The third kappa shape index (κ3) is 3.40. The van der Waals surface area contributed by atoms with Crippen molar-refractivity contribution < 1.29 is 9.90 Å². The van der Waals surface area contributed by atoms with Crippen LogP contribution in [-0.4, -0.2) is 11.0 Å². The van der Waals surface area contributed by atoms with E-state index < -0.39 is 0 Å². The SMILES string of the molecule is CC(C)(C)c1cc(C#N)c(NC(=O)C2=CNc3ccccc3C2)cc1O. The lowest BCUT2D eigenvalue weighted by atomic mass is 9.85. The number of para-hydroxylation sites is 1. The highest BCUT2D eigenvalue weighted by molar-refractivity contribution is 6.05. The Kier molecular flexibility index (Phi) is 4.43. The summed E-state index contributed by atoms with van der Waals surface area (Å²) in [6.45, 7) is 5.87. The number of nitrogens with one attached hydrogen (secondary N) is 2. The van der Waals surface area contributed by atoms with E-state index in [2.05, 4.69) is 16.7 Å². The lowest BCUT2D eigenvalue weighted by molar-refractivity contribution is -0.112. The largest absolute Gasteiger partial charge is 0.508 e. The van der Waals surface area contributed by atoms with Crippen LogP contribution in [0.15, 0.2) is 48.2 Å². The number of benzene rings is 2. The van der Waals surface area contributed by atoms with Gasteiger partial charge < -0.3 is 15.7 Å². The Morgan fingerprint density at radius 2 is 2.00 bits per heavy atom. The molecule has 0 fully saturated rings. The van der Waals surface area contributed by atoms with Gasteiger partial charge in [0.2, 0.25) is 0 Å². The van der Waals surface area contributed by atoms with Crippen molar-refractivity contribution in [2.45, 2.75) is 32.6 Å². The molecule has 0 aliphatic carbocycles. The van der Waals surface area contributed by atoms with E-state index in [1.165, 1.54) is 6.07 Å². The number of anilines is 2. The zero-order valence-corrected chi connectivity index (χ0v) is 15.1. The summed E-state index contributed by atoms with van der Waals surface area (Å²) in [6, 6.07) is 13.0. The van der Waals surface area contributed by atoms with Gasteiger partial charge in [-0.3, -0.25) is 4.79 Å². The topological polar surface area (TPSA) is 85.2 Å². The molecule has 0 aromatic heterocycles. The minimum absolute atomic E-state index is 0.0629. The number of nitriles is 1. The number of phenolic OH excluding ortho intramolecular Hbond substituents is 1. The molecule has 2 aromatic carbocycles. The van der Waals surface area contributed by atoms with Crippen molar-refractivity contribution in [3.05, 3.63) is 64.9 Å². The number of phenols is 1. The molecule has 26 heavy (non-hydrogen) atoms. The summed E-state index contributed by atoms with van der Waals surface area (Å²) in [4.78, 5) is 12.6. The molecule has 1 aliphatic rings. The monoisotopic (exact) mass is 347 g/mol. The Hall–Kier alpha value is -3.26. The number of aromatic hydroxyl groups is 1. The zero-order valence-electron chi connectivity index (χ0n) is 15.1. The number of nitrogens with zero attached hydrogens (tertiary/aromatic N) is 1. The minimum Gasteiger partial charge on any atom is -0.508 e. The van der Waals surface area contributed by atoms with Crippen molar-refractivity contribution in [1.82, 2.24) is 0 Å². The molecule has 132 valence electrons. The van der Waals surface area contributed by atoms with Gasteiger partial charge in [-0.2, -0.15) is 5.26 Å². The van der Waals surface area contributed by atoms with Crippen LogP contribution in [0.2, 0.25) is 0 Å². The minimum atomic E-state index is -0.308. The van der Waals surface area contributed by atoms with Crippen LogP contribution in [0.5, 0.6) is 5.75 Å². The van der Waals surface area contributed by atoms with Gasteiger partial charge in [-0.25, -0.2) is 0 Å². The standard InChI is InChI=1S/C21H21N3O2/c1-21(2,3)16-9-14(11-22)18(10-19(16)25)24-20(26)15-8-13-6-4-5-7-17(13)23-12-15/h4-7,9-10,12,23,25H,8H2,1-3H3,(H,24,26). The number of hydrogen-bond acceptors (Lipinski definition) is 4. The first-order chi connectivity index (χ1) is 12.3. The van der Waals surface area contributed by atoms with Crippen molar-refractivity contribution >= 4 is 17.3 Å². The molecule has 0 atom stereocenters. The molecule has 1 amide bonds. The van der Waals surface area contributed by atoms with Crippen LogP contribution < -0.4 is 10.6 Å². The summed E-state index contributed by atoms with van der Waals surface area (Å²) in [5.41, 5.74) is 3.57. The highest BCUT2D eigenvalue weighted by Crippen LogP contribution is 2.35. The van der Waals surface area contributed by atoms with E-state index in [1.807, 2.05) is 45.0 Å². The molecule has 0 bridgehead atoms. The first-order valence-electron chi connectivity index (χ1n) is 8.42. The maximum absolute atomic E-state index is 12.6. The first-order valence-corrected chi connectivity index (χ1v) is 8.42. The molecule has 0 saturated carbocycles. The molecule has 0 spiro atoms. The summed E-state index contributed by atoms with van der Waals surface area (Å²) < 4.78 is 0. The van der Waals surface area contributed by atoms with Gasteiger partial charge in [-0.1, -0.05) is 39.0 Å². The summed E-state index contributed by atoms with van der Waals surface area (Å²) >= 11 is 0. The Morgan fingerprint density at radius 1 is 1.27 bits per heavy atom. The molecule has 0 unspecified atom stereocenters. The van der Waals surface area contributed by atoms with Gasteiger partial charge in [0.1, 0.15) is 11.8 Å². The quantitative estimate of drug-likeness (QED) is 0.765. The predicted molar refractivity (Wildman–Crippen MR) is 102 cm³/mol. The molecule has 3 rings (SSSR count). The van der Waals surface area contributed by atoms with Gasteiger partial charge in [0.25, 0.3) is 5.91 Å². The molecule has 1 aliphatic heterocycles. The van der Waals surface area contributed by atoms with E-state index in [1.54, 1.807) is 12.3 Å². The molecule has 5 heteroatoms. The molecule has 0 saturated heterocycles. The van der Waals surface area contributed by atoms with Gasteiger partial charge in [-0.05, 0) is 23.1 Å². The number of hydrogen-bond donors (Lipinski definition) is 3. The van der Waals surface area contributed by atoms with E-state index in [9.17, 15) is 15.2 Å². The van der Waals surface area contributed by atoms with Crippen LogP contribution >= 0.6 is 0 Å². The maximum Gasteiger partial charge on any atom is 0.253 e. The first kappa shape index (κ1) is 17.6. The van der Waals surface area contributed by atoms with Gasteiger partial charge in [0.15, 0.2) is 0 Å². The normalized spacial score (nSPS) is 13.1. The van der Waals surface area contributed by atoms with Crippen molar-refractivity contribution in [3.8, 4) is 11.8 Å². The van der Waals surface area contributed by atoms with Crippen LogP contribution in [0.1, 0.15) is 37.5 Å². The van der Waals surface area contributed by atoms with Crippen molar-refractivity contribution in [2.75, 3.05) is 10.6 Å². The Balaban J connectivity index is 1.86. The summed E-state index contributed by atoms with van der Waals surface area (Å²) in [6.07, 6.45) is 2.18. The van der Waals surface area contributed by atoms with Crippen LogP contribution in [-0.2, 0) is 16.6 Å². The van der Waals surface area contributed by atoms with E-state index in [-0.39, 0.29) is 17.1 Å². The Labute approximate surface area is 153 Å². The fourth-order valence-electron chi connectivity index (χ4n) is 2.97. The number of amides is 1. The van der Waals surface area contributed by atoms with Gasteiger partial charge in [-0.15, -0.1) is 0 Å². The van der Waals surface area contributed by atoms with Crippen LogP contribution in [0.3, 0.4) is 0 Å². The zero-order chi connectivity index (χ0) is 18.9. The highest BCUT2D eigenvalue weighted by Gasteiger charge is 2.22. The van der Waals surface area contributed by atoms with E-state index in [4.69, 9.17) is 0 Å². The van der Waals surface area contributed by atoms with Gasteiger partial charge in [0.05, 0.1) is 11.3 Å². The smallest absolute Gasteiger partial charge is 0.253 e. The second-order valence-corrected chi connectivity index (χ2v) is 7.38.